The van der Waals surface area contributed by atoms with Crippen molar-refractivity contribution in [3.63, 3.8) is 0 Å². The Morgan fingerprint density at radius 3 is 2.64 bits per heavy atom. The van der Waals surface area contributed by atoms with Gasteiger partial charge >= 0.3 is 0 Å². The number of likely N-dealkylation sites (N-methyl/N-ethyl adjacent to an activating group) is 1. The van der Waals surface area contributed by atoms with E-state index in [0.717, 1.165) is 35.9 Å². The maximum atomic E-state index is 6.05. The zero-order chi connectivity index (χ0) is 16.1. The Kier molecular flexibility index (Phi) is 5.57. The average molecular weight is 320 g/mol. The van der Waals surface area contributed by atoms with Gasteiger partial charge in [-0.1, -0.05) is 17.7 Å². The standard InChI is InChI=1S/C16H22ClN5/c1-11-5-6-13(17)10-14(11)20-15-9-12(2)19-16(21-15)18-7-8-22(3)4/h5-6,9-10H,7-8H2,1-4H3,(H2,18,19,20,21). The molecule has 6 heteroatoms. The number of aryl methyl sites for hydroxylation is 2. The second-order valence-corrected chi connectivity index (χ2v) is 5.97. The molecule has 0 amide bonds. The summed E-state index contributed by atoms with van der Waals surface area (Å²) in [5.74, 6) is 1.38. The smallest absolute Gasteiger partial charge is 0.224 e. The van der Waals surface area contributed by atoms with Gasteiger partial charge in [-0.3, -0.25) is 0 Å². The van der Waals surface area contributed by atoms with Gasteiger partial charge < -0.3 is 15.5 Å². The van der Waals surface area contributed by atoms with Gasteiger partial charge in [0.05, 0.1) is 0 Å². The molecule has 2 aromatic rings. The van der Waals surface area contributed by atoms with Crippen molar-refractivity contribution < 1.29 is 0 Å². The molecule has 0 aliphatic rings. The van der Waals surface area contributed by atoms with Crippen molar-refractivity contribution in [1.82, 2.24) is 14.9 Å². The van der Waals surface area contributed by atoms with Crippen LogP contribution in [0.3, 0.4) is 0 Å². The van der Waals surface area contributed by atoms with Crippen LogP contribution in [0.4, 0.5) is 17.5 Å². The lowest BCUT2D eigenvalue weighted by Crippen LogP contribution is -2.21. The van der Waals surface area contributed by atoms with Crippen molar-refractivity contribution in [2.45, 2.75) is 13.8 Å². The number of benzene rings is 1. The van der Waals surface area contributed by atoms with Crippen LogP contribution in [0.15, 0.2) is 24.3 Å². The van der Waals surface area contributed by atoms with Gasteiger partial charge in [0.1, 0.15) is 5.82 Å². The minimum absolute atomic E-state index is 0.629. The molecule has 2 rings (SSSR count). The quantitative estimate of drug-likeness (QED) is 0.854. The first kappa shape index (κ1) is 16.5. The maximum Gasteiger partial charge on any atom is 0.224 e. The van der Waals surface area contributed by atoms with Crippen LogP contribution in [0.1, 0.15) is 11.3 Å². The van der Waals surface area contributed by atoms with Crippen LogP contribution in [0.5, 0.6) is 0 Å². The largest absolute Gasteiger partial charge is 0.353 e. The third kappa shape index (κ3) is 4.86. The van der Waals surface area contributed by atoms with Crippen LogP contribution in [0.2, 0.25) is 5.02 Å². The minimum Gasteiger partial charge on any atom is -0.353 e. The Bertz CT molecular complexity index is 642. The van der Waals surface area contributed by atoms with Gasteiger partial charge in [-0.05, 0) is 45.6 Å². The molecule has 0 saturated carbocycles. The van der Waals surface area contributed by atoms with Gasteiger partial charge in [0, 0.05) is 35.6 Å². The molecule has 5 nitrogen and oxygen atoms in total. The van der Waals surface area contributed by atoms with Crippen molar-refractivity contribution in [2.75, 3.05) is 37.8 Å². The third-order valence-corrected chi connectivity index (χ3v) is 3.39. The van der Waals surface area contributed by atoms with Crippen LogP contribution in [-0.4, -0.2) is 42.1 Å². The zero-order valence-electron chi connectivity index (χ0n) is 13.4. The fraction of sp³-hybridized carbons (Fsp3) is 0.375. The molecule has 2 N–H and O–H groups in total. The molecule has 1 aromatic heterocycles. The number of nitrogens with one attached hydrogen (secondary N) is 2. The molecule has 0 atom stereocenters. The normalized spacial score (nSPS) is 10.8. The van der Waals surface area contributed by atoms with Crippen molar-refractivity contribution in [2.24, 2.45) is 0 Å². The number of halogens is 1. The van der Waals surface area contributed by atoms with Gasteiger partial charge in [-0.15, -0.1) is 0 Å². The highest BCUT2D eigenvalue weighted by molar-refractivity contribution is 6.30. The summed E-state index contributed by atoms with van der Waals surface area (Å²) in [6.45, 7) is 5.71. The molecule has 1 aromatic carbocycles. The molecule has 0 spiro atoms. The molecule has 0 saturated heterocycles. The van der Waals surface area contributed by atoms with Crippen LogP contribution in [0.25, 0.3) is 0 Å². The summed E-state index contributed by atoms with van der Waals surface area (Å²) in [5.41, 5.74) is 2.97. The van der Waals surface area contributed by atoms with Gasteiger partial charge in [0.2, 0.25) is 5.95 Å². The molecule has 22 heavy (non-hydrogen) atoms. The zero-order valence-corrected chi connectivity index (χ0v) is 14.2. The molecule has 1 heterocycles. The Labute approximate surface area is 136 Å². The number of rotatable bonds is 6. The van der Waals surface area contributed by atoms with Crippen molar-refractivity contribution >= 4 is 29.1 Å². The Hall–Kier alpha value is -1.85. The lowest BCUT2D eigenvalue weighted by atomic mass is 10.2. The van der Waals surface area contributed by atoms with Gasteiger partial charge in [-0.25, -0.2) is 4.98 Å². The molecular formula is C16H22ClN5. The van der Waals surface area contributed by atoms with Gasteiger partial charge in [0.15, 0.2) is 0 Å². The van der Waals surface area contributed by atoms with Crippen molar-refractivity contribution in [3.8, 4) is 0 Å². The average Bonchev–Trinajstić information content (AvgIpc) is 2.42. The highest BCUT2D eigenvalue weighted by atomic mass is 35.5. The topological polar surface area (TPSA) is 53.1 Å². The molecule has 0 radical (unpaired) electrons. The van der Waals surface area contributed by atoms with Crippen molar-refractivity contribution in [3.05, 3.63) is 40.5 Å². The SMILES string of the molecule is Cc1cc(Nc2cc(Cl)ccc2C)nc(NCCN(C)C)n1. The lowest BCUT2D eigenvalue weighted by Gasteiger charge is -2.13. The first-order valence-electron chi connectivity index (χ1n) is 7.21. The Balaban J connectivity index is 2.13. The van der Waals surface area contributed by atoms with E-state index < -0.39 is 0 Å². The predicted molar refractivity (Wildman–Crippen MR) is 93.3 cm³/mol. The number of hydrogen-bond acceptors (Lipinski definition) is 5. The second-order valence-electron chi connectivity index (χ2n) is 5.53. The van der Waals surface area contributed by atoms with E-state index >= 15 is 0 Å². The van der Waals surface area contributed by atoms with Crippen LogP contribution in [-0.2, 0) is 0 Å². The minimum atomic E-state index is 0.629. The highest BCUT2D eigenvalue weighted by Crippen LogP contribution is 2.24. The highest BCUT2D eigenvalue weighted by Gasteiger charge is 2.05. The number of anilines is 3. The summed E-state index contributed by atoms with van der Waals surface area (Å²) in [4.78, 5) is 11.0. The summed E-state index contributed by atoms with van der Waals surface area (Å²) in [6, 6.07) is 7.67. The van der Waals surface area contributed by atoms with E-state index in [1.54, 1.807) is 0 Å². The Morgan fingerprint density at radius 2 is 1.91 bits per heavy atom. The molecule has 0 bridgehead atoms. The first-order valence-corrected chi connectivity index (χ1v) is 7.59. The Morgan fingerprint density at radius 1 is 1.14 bits per heavy atom. The summed E-state index contributed by atoms with van der Waals surface area (Å²) in [5, 5.41) is 7.24. The van der Waals surface area contributed by atoms with E-state index in [0.29, 0.717) is 11.0 Å². The summed E-state index contributed by atoms with van der Waals surface area (Å²) < 4.78 is 0. The van der Waals surface area contributed by atoms with Gasteiger partial charge in [0.25, 0.3) is 0 Å². The monoisotopic (exact) mass is 319 g/mol. The molecule has 0 aliphatic heterocycles. The van der Waals surface area contributed by atoms with Crippen molar-refractivity contribution in [1.29, 1.82) is 0 Å². The fourth-order valence-electron chi connectivity index (χ4n) is 1.97. The summed E-state index contributed by atoms with van der Waals surface area (Å²) in [6.07, 6.45) is 0. The first-order chi connectivity index (χ1) is 10.4. The number of hydrogen-bond donors (Lipinski definition) is 2. The third-order valence-electron chi connectivity index (χ3n) is 3.16. The summed E-state index contributed by atoms with van der Waals surface area (Å²) >= 11 is 6.05. The maximum absolute atomic E-state index is 6.05. The van der Waals surface area contributed by atoms with Crippen LogP contribution >= 0.6 is 11.6 Å². The summed E-state index contributed by atoms with van der Waals surface area (Å²) in [7, 11) is 4.07. The fourth-order valence-corrected chi connectivity index (χ4v) is 2.14. The van der Waals surface area contributed by atoms with E-state index in [2.05, 4.69) is 25.5 Å². The molecular weight excluding hydrogens is 298 g/mol. The molecule has 0 aliphatic carbocycles. The molecule has 0 unspecified atom stereocenters. The van der Waals surface area contributed by atoms with E-state index in [1.165, 1.54) is 0 Å². The molecule has 118 valence electrons. The second kappa shape index (κ2) is 7.42. The van der Waals surface area contributed by atoms with Gasteiger partial charge in [-0.2, -0.15) is 4.98 Å². The number of aromatic nitrogens is 2. The van der Waals surface area contributed by atoms with E-state index in [1.807, 2.05) is 52.2 Å². The van der Waals surface area contributed by atoms with Crippen LogP contribution < -0.4 is 10.6 Å². The number of nitrogens with zero attached hydrogens (tertiary/aromatic N) is 3. The predicted octanol–water partition coefficient (Wildman–Crippen LogP) is 3.46. The van der Waals surface area contributed by atoms with E-state index in [4.69, 9.17) is 11.6 Å². The lowest BCUT2D eigenvalue weighted by molar-refractivity contribution is 0.425. The van der Waals surface area contributed by atoms with Crippen LogP contribution in [0, 0.1) is 13.8 Å². The van der Waals surface area contributed by atoms with E-state index in [9.17, 15) is 0 Å². The van der Waals surface area contributed by atoms with E-state index in [-0.39, 0.29) is 0 Å². The molecule has 0 fully saturated rings.